The summed E-state index contributed by atoms with van der Waals surface area (Å²) < 4.78 is 10.5. The average molecular weight is 334 g/mol. The maximum atomic E-state index is 12.1. The Morgan fingerprint density at radius 1 is 1.25 bits per heavy atom. The number of ether oxygens (including phenoxy) is 2. The van der Waals surface area contributed by atoms with E-state index in [4.69, 9.17) is 9.47 Å². The van der Waals surface area contributed by atoms with Crippen LogP contribution in [0.1, 0.15) is 37.6 Å². The molecule has 1 fully saturated rings. The van der Waals surface area contributed by atoms with Crippen molar-refractivity contribution in [1.82, 2.24) is 10.2 Å². The summed E-state index contributed by atoms with van der Waals surface area (Å²) in [4.78, 5) is 25.9. The Kier molecular flexibility index (Phi) is 5.70. The van der Waals surface area contributed by atoms with Gasteiger partial charge in [0.1, 0.15) is 11.4 Å². The highest BCUT2D eigenvalue weighted by molar-refractivity contribution is 5.94. The summed E-state index contributed by atoms with van der Waals surface area (Å²) in [7, 11) is 1.59. The van der Waals surface area contributed by atoms with E-state index in [-0.39, 0.29) is 17.9 Å². The van der Waals surface area contributed by atoms with E-state index in [1.54, 1.807) is 36.3 Å². The molecule has 1 N–H and O–H groups in total. The van der Waals surface area contributed by atoms with Crippen LogP contribution in [0.2, 0.25) is 0 Å². The van der Waals surface area contributed by atoms with Crippen molar-refractivity contribution in [3.05, 3.63) is 29.8 Å². The van der Waals surface area contributed by atoms with Gasteiger partial charge < -0.3 is 19.7 Å². The minimum atomic E-state index is -0.488. The molecule has 1 aromatic carbocycles. The molecular formula is C18H26N2O4. The second kappa shape index (κ2) is 7.55. The number of amides is 2. The third-order valence-corrected chi connectivity index (χ3v) is 3.84. The largest absolute Gasteiger partial charge is 0.497 e. The topological polar surface area (TPSA) is 67.9 Å². The van der Waals surface area contributed by atoms with Gasteiger partial charge in [-0.05, 0) is 57.4 Å². The maximum absolute atomic E-state index is 12.1. The highest BCUT2D eigenvalue weighted by Crippen LogP contribution is 2.19. The number of methoxy groups -OCH3 is 1. The van der Waals surface area contributed by atoms with E-state index in [1.807, 2.05) is 20.8 Å². The highest BCUT2D eigenvalue weighted by Gasteiger charge is 2.29. The Hall–Kier alpha value is -2.24. The van der Waals surface area contributed by atoms with Gasteiger partial charge in [-0.3, -0.25) is 4.79 Å². The first kappa shape index (κ1) is 18.1. The highest BCUT2D eigenvalue weighted by atomic mass is 16.6. The molecule has 1 aliphatic heterocycles. The molecule has 2 amide bonds. The van der Waals surface area contributed by atoms with Crippen molar-refractivity contribution < 1.29 is 19.1 Å². The number of benzene rings is 1. The van der Waals surface area contributed by atoms with Gasteiger partial charge in [0, 0.05) is 25.2 Å². The normalized spacial score (nSPS) is 17.5. The molecule has 0 aromatic heterocycles. The molecule has 0 unspecified atom stereocenters. The lowest BCUT2D eigenvalue weighted by Gasteiger charge is -2.24. The number of likely N-dealkylation sites (tertiary alicyclic amines) is 1. The Labute approximate surface area is 143 Å². The summed E-state index contributed by atoms with van der Waals surface area (Å²) in [6, 6.07) is 6.98. The van der Waals surface area contributed by atoms with Gasteiger partial charge in [-0.15, -0.1) is 0 Å². The van der Waals surface area contributed by atoms with Crippen molar-refractivity contribution in [2.45, 2.75) is 32.8 Å². The maximum Gasteiger partial charge on any atom is 0.410 e. The number of nitrogens with one attached hydrogen (secondary N) is 1. The Balaban J connectivity index is 1.78. The quantitative estimate of drug-likeness (QED) is 0.919. The molecule has 0 radical (unpaired) electrons. The van der Waals surface area contributed by atoms with Gasteiger partial charge in [-0.2, -0.15) is 0 Å². The van der Waals surface area contributed by atoms with Crippen LogP contribution in [0.5, 0.6) is 5.75 Å². The average Bonchev–Trinajstić information content (AvgIpc) is 3.00. The van der Waals surface area contributed by atoms with E-state index in [0.29, 0.717) is 25.2 Å². The second-order valence-corrected chi connectivity index (χ2v) is 7.02. The van der Waals surface area contributed by atoms with Crippen LogP contribution in [-0.4, -0.2) is 49.2 Å². The lowest BCUT2D eigenvalue weighted by Crippen LogP contribution is -2.36. The van der Waals surface area contributed by atoms with Gasteiger partial charge in [-0.25, -0.2) is 4.79 Å². The summed E-state index contributed by atoms with van der Waals surface area (Å²) in [5.74, 6) is 0.850. The van der Waals surface area contributed by atoms with Crippen molar-refractivity contribution in [2.75, 3.05) is 26.7 Å². The van der Waals surface area contributed by atoms with Gasteiger partial charge in [-0.1, -0.05) is 0 Å². The monoisotopic (exact) mass is 334 g/mol. The minimum absolute atomic E-state index is 0.117. The van der Waals surface area contributed by atoms with E-state index in [0.717, 1.165) is 12.2 Å². The summed E-state index contributed by atoms with van der Waals surface area (Å²) >= 11 is 0. The standard InChI is InChI=1S/C18H26N2O4/c1-18(2,3)24-17(22)20-10-9-13(12-20)11-19-16(21)14-5-7-15(23-4)8-6-14/h5-8,13H,9-12H2,1-4H3,(H,19,21)/t13-/m1/s1. The molecule has 24 heavy (non-hydrogen) atoms. The third-order valence-electron chi connectivity index (χ3n) is 3.84. The van der Waals surface area contributed by atoms with E-state index in [9.17, 15) is 9.59 Å². The van der Waals surface area contributed by atoms with Gasteiger partial charge in [0.05, 0.1) is 7.11 Å². The number of nitrogens with zero attached hydrogens (tertiary/aromatic N) is 1. The molecule has 0 saturated carbocycles. The van der Waals surface area contributed by atoms with Gasteiger partial charge in [0.2, 0.25) is 0 Å². The number of hydrogen-bond donors (Lipinski definition) is 1. The van der Waals surface area contributed by atoms with Crippen LogP contribution < -0.4 is 10.1 Å². The van der Waals surface area contributed by atoms with Crippen LogP contribution in [0, 0.1) is 5.92 Å². The van der Waals surface area contributed by atoms with Crippen LogP contribution in [0.4, 0.5) is 4.79 Å². The molecule has 132 valence electrons. The SMILES string of the molecule is COc1ccc(C(=O)NC[C@H]2CCN(C(=O)OC(C)(C)C)C2)cc1. The summed E-state index contributed by atoms with van der Waals surface area (Å²) in [6.07, 6.45) is 0.578. The smallest absolute Gasteiger partial charge is 0.410 e. The molecule has 1 aromatic rings. The third kappa shape index (κ3) is 5.15. The van der Waals surface area contributed by atoms with Crippen molar-refractivity contribution in [3.63, 3.8) is 0 Å². The Morgan fingerprint density at radius 2 is 1.92 bits per heavy atom. The first-order valence-electron chi connectivity index (χ1n) is 8.18. The molecule has 0 aliphatic carbocycles. The molecule has 0 bridgehead atoms. The summed E-state index contributed by atoms with van der Waals surface area (Å²) in [5.41, 5.74) is 0.107. The fourth-order valence-electron chi connectivity index (χ4n) is 2.57. The van der Waals surface area contributed by atoms with Crippen LogP contribution in [0.25, 0.3) is 0 Å². The lowest BCUT2D eigenvalue weighted by atomic mass is 10.1. The second-order valence-electron chi connectivity index (χ2n) is 7.02. The molecule has 0 spiro atoms. The van der Waals surface area contributed by atoms with Gasteiger partial charge in [0.15, 0.2) is 0 Å². The Bertz CT molecular complexity index is 578. The Morgan fingerprint density at radius 3 is 2.50 bits per heavy atom. The first-order valence-corrected chi connectivity index (χ1v) is 8.18. The fraction of sp³-hybridized carbons (Fsp3) is 0.556. The van der Waals surface area contributed by atoms with Crippen LogP contribution >= 0.6 is 0 Å². The van der Waals surface area contributed by atoms with Crippen LogP contribution in [0.15, 0.2) is 24.3 Å². The zero-order valence-electron chi connectivity index (χ0n) is 14.8. The van der Waals surface area contributed by atoms with E-state index < -0.39 is 5.60 Å². The summed E-state index contributed by atoms with van der Waals surface area (Å²) in [6.45, 7) is 7.38. The molecule has 6 nitrogen and oxygen atoms in total. The predicted molar refractivity (Wildman–Crippen MR) is 91.2 cm³/mol. The van der Waals surface area contributed by atoms with Crippen LogP contribution in [0.3, 0.4) is 0 Å². The van der Waals surface area contributed by atoms with E-state index >= 15 is 0 Å². The molecule has 1 saturated heterocycles. The molecule has 1 aliphatic rings. The fourth-order valence-corrected chi connectivity index (χ4v) is 2.57. The van der Waals surface area contributed by atoms with Gasteiger partial charge >= 0.3 is 6.09 Å². The lowest BCUT2D eigenvalue weighted by molar-refractivity contribution is 0.0288. The predicted octanol–water partition coefficient (Wildman–Crippen LogP) is 2.68. The van der Waals surface area contributed by atoms with Gasteiger partial charge in [0.25, 0.3) is 5.91 Å². The molecule has 2 rings (SSSR count). The van der Waals surface area contributed by atoms with E-state index in [1.165, 1.54) is 0 Å². The summed E-state index contributed by atoms with van der Waals surface area (Å²) in [5, 5.41) is 2.93. The number of hydrogen-bond acceptors (Lipinski definition) is 4. The number of rotatable bonds is 4. The van der Waals surface area contributed by atoms with Crippen molar-refractivity contribution >= 4 is 12.0 Å². The number of carbonyl (C=O) groups is 2. The molecule has 1 atom stereocenters. The zero-order valence-corrected chi connectivity index (χ0v) is 14.8. The molecule has 1 heterocycles. The van der Waals surface area contributed by atoms with Crippen molar-refractivity contribution in [1.29, 1.82) is 0 Å². The minimum Gasteiger partial charge on any atom is -0.497 e. The van der Waals surface area contributed by atoms with Crippen molar-refractivity contribution in [3.8, 4) is 5.75 Å². The zero-order chi connectivity index (χ0) is 17.7. The first-order chi connectivity index (χ1) is 11.3. The molecule has 6 heteroatoms. The van der Waals surface area contributed by atoms with E-state index in [2.05, 4.69) is 5.32 Å². The van der Waals surface area contributed by atoms with Crippen LogP contribution in [-0.2, 0) is 4.74 Å². The number of carbonyl (C=O) groups excluding carboxylic acids is 2. The molecular weight excluding hydrogens is 308 g/mol. The van der Waals surface area contributed by atoms with Crippen molar-refractivity contribution in [2.24, 2.45) is 5.92 Å².